The van der Waals surface area contributed by atoms with Gasteiger partial charge in [-0.1, -0.05) is 42.5 Å². The standard InChI is InChI=1S/C28H34N2O3/c1-2-33-24-10-8-23(9-11-24)26(22-6-4-3-5-7-22)30-25(31)18-29-27(32)28-15-19-12-20(16-28)14-21(13-19)17-28/h3-11,19-21,26H,2,12-18H2,1H3,(H,29,32)(H,30,31). The van der Waals surface area contributed by atoms with Crippen LogP contribution in [-0.2, 0) is 9.59 Å². The van der Waals surface area contributed by atoms with Crippen molar-refractivity contribution in [3.05, 3.63) is 65.7 Å². The topological polar surface area (TPSA) is 67.4 Å². The van der Waals surface area contributed by atoms with Crippen LogP contribution in [0.3, 0.4) is 0 Å². The lowest BCUT2D eigenvalue weighted by Gasteiger charge is -2.55. The van der Waals surface area contributed by atoms with Gasteiger partial charge < -0.3 is 15.4 Å². The highest BCUT2D eigenvalue weighted by Crippen LogP contribution is 2.60. The molecule has 5 nitrogen and oxygen atoms in total. The molecule has 0 radical (unpaired) electrons. The van der Waals surface area contributed by atoms with Gasteiger partial charge in [-0.05, 0) is 86.5 Å². The van der Waals surface area contributed by atoms with Crippen LogP contribution >= 0.6 is 0 Å². The second-order valence-corrected chi connectivity index (χ2v) is 10.3. The number of hydrogen-bond donors (Lipinski definition) is 2. The largest absolute Gasteiger partial charge is 0.494 e. The van der Waals surface area contributed by atoms with E-state index in [0.717, 1.165) is 36.1 Å². The van der Waals surface area contributed by atoms with Gasteiger partial charge in [-0.25, -0.2) is 0 Å². The first-order chi connectivity index (χ1) is 16.0. The zero-order valence-corrected chi connectivity index (χ0v) is 19.4. The third-order valence-corrected chi connectivity index (χ3v) is 7.89. The molecule has 5 heteroatoms. The molecule has 4 saturated carbocycles. The van der Waals surface area contributed by atoms with Crippen molar-refractivity contribution in [1.82, 2.24) is 10.6 Å². The van der Waals surface area contributed by atoms with E-state index < -0.39 is 0 Å². The van der Waals surface area contributed by atoms with Crippen molar-refractivity contribution in [2.45, 2.75) is 51.5 Å². The monoisotopic (exact) mass is 446 g/mol. The van der Waals surface area contributed by atoms with Crippen molar-refractivity contribution >= 4 is 11.8 Å². The molecule has 0 heterocycles. The van der Waals surface area contributed by atoms with E-state index in [4.69, 9.17) is 4.74 Å². The third kappa shape index (κ3) is 4.64. The average molecular weight is 447 g/mol. The minimum Gasteiger partial charge on any atom is -0.494 e. The lowest BCUT2D eigenvalue weighted by atomic mass is 9.49. The first-order valence-corrected chi connectivity index (χ1v) is 12.4. The Kier molecular flexibility index (Phi) is 6.13. The van der Waals surface area contributed by atoms with Crippen molar-refractivity contribution in [1.29, 1.82) is 0 Å². The number of nitrogens with one attached hydrogen (secondary N) is 2. The van der Waals surface area contributed by atoms with Gasteiger partial charge in [-0.2, -0.15) is 0 Å². The Morgan fingerprint density at radius 2 is 1.48 bits per heavy atom. The van der Waals surface area contributed by atoms with E-state index in [2.05, 4.69) is 10.6 Å². The van der Waals surface area contributed by atoms with E-state index in [-0.39, 0.29) is 29.8 Å². The van der Waals surface area contributed by atoms with Crippen LogP contribution in [0.4, 0.5) is 0 Å². The molecule has 0 aliphatic heterocycles. The summed E-state index contributed by atoms with van der Waals surface area (Å²) in [5.74, 6) is 2.85. The number of hydrogen-bond acceptors (Lipinski definition) is 3. The average Bonchev–Trinajstić information content (AvgIpc) is 2.81. The van der Waals surface area contributed by atoms with Gasteiger partial charge >= 0.3 is 0 Å². The van der Waals surface area contributed by atoms with Crippen molar-refractivity contribution in [2.75, 3.05) is 13.2 Å². The fourth-order valence-corrected chi connectivity index (χ4v) is 6.88. The summed E-state index contributed by atoms with van der Waals surface area (Å²) in [5.41, 5.74) is 1.75. The molecule has 2 aromatic rings. The first-order valence-electron chi connectivity index (χ1n) is 12.4. The van der Waals surface area contributed by atoms with Gasteiger partial charge in [0, 0.05) is 5.41 Å². The van der Waals surface area contributed by atoms with Crippen LogP contribution in [0.5, 0.6) is 5.75 Å². The predicted molar refractivity (Wildman–Crippen MR) is 128 cm³/mol. The smallest absolute Gasteiger partial charge is 0.240 e. The van der Waals surface area contributed by atoms with Crippen LogP contribution in [0.2, 0.25) is 0 Å². The molecule has 1 unspecified atom stereocenters. The highest BCUT2D eigenvalue weighted by Gasteiger charge is 2.54. The molecule has 4 aliphatic carbocycles. The molecule has 2 amide bonds. The van der Waals surface area contributed by atoms with Crippen LogP contribution in [-0.4, -0.2) is 25.0 Å². The van der Waals surface area contributed by atoms with Gasteiger partial charge in [0.25, 0.3) is 0 Å². The quantitative estimate of drug-likeness (QED) is 0.622. The normalized spacial score (nSPS) is 28.2. The van der Waals surface area contributed by atoms with Crippen molar-refractivity contribution in [3.63, 3.8) is 0 Å². The summed E-state index contributed by atoms with van der Waals surface area (Å²) in [7, 11) is 0. The Morgan fingerprint density at radius 1 is 0.909 bits per heavy atom. The number of benzene rings is 2. The molecular weight excluding hydrogens is 412 g/mol. The van der Waals surface area contributed by atoms with Crippen molar-refractivity contribution in [3.8, 4) is 5.75 Å². The molecule has 174 valence electrons. The van der Waals surface area contributed by atoms with Crippen LogP contribution in [0.25, 0.3) is 0 Å². The molecular formula is C28H34N2O3. The van der Waals surface area contributed by atoms with Crippen LogP contribution in [0.1, 0.15) is 62.6 Å². The highest BCUT2D eigenvalue weighted by molar-refractivity contribution is 5.88. The summed E-state index contributed by atoms with van der Waals surface area (Å²) in [5, 5.41) is 6.14. The second-order valence-electron chi connectivity index (χ2n) is 10.3. The van der Waals surface area contributed by atoms with E-state index in [9.17, 15) is 9.59 Å². The lowest BCUT2D eigenvalue weighted by molar-refractivity contribution is -0.147. The van der Waals surface area contributed by atoms with Gasteiger partial charge in [0.15, 0.2) is 0 Å². The van der Waals surface area contributed by atoms with E-state index in [1.54, 1.807) is 0 Å². The summed E-state index contributed by atoms with van der Waals surface area (Å²) >= 11 is 0. The molecule has 1 atom stereocenters. The Morgan fingerprint density at radius 3 is 2.06 bits per heavy atom. The maximum absolute atomic E-state index is 13.2. The maximum atomic E-state index is 13.2. The van der Waals surface area contributed by atoms with Gasteiger partial charge in [0.2, 0.25) is 11.8 Å². The van der Waals surface area contributed by atoms with Crippen LogP contribution in [0.15, 0.2) is 54.6 Å². The van der Waals surface area contributed by atoms with E-state index in [1.807, 2.05) is 61.5 Å². The van der Waals surface area contributed by atoms with E-state index in [1.165, 1.54) is 19.3 Å². The molecule has 2 N–H and O–H groups in total. The van der Waals surface area contributed by atoms with Crippen LogP contribution < -0.4 is 15.4 Å². The summed E-state index contributed by atoms with van der Waals surface area (Å²) < 4.78 is 5.56. The molecule has 6 rings (SSSR count). The Bertz CT molecular complexity index is 951. The number of rotatable bonds is 8. The fraction of sp³-hybridized carbons (Fsp3) is 0.500. The predicted octanol–water partition coefficient (Wildman–Crippen LogP) is 4.62. The minimum absolute atomic E-state index is 0.0148. The van der Waals surface area contributed by atoms with Gasteiger partial charge in [-0.3, -0.25) is 9.59 Å². The maximum Gasteiger partial charge on any atom is 0.240 e. The summed E-state index contributed by atoms with van der Waals surface area (Å²) in [4.78, 5) is 26.2. The minimum atomic E-state index is -0.286. The lowest BCUT2D eigenvalue weighted by Crippen LogP contribution is -2.54. The molecule has 2 aromatic carbocycles. The van der Waals surface area contributed by atoms with Crippen molar-refractivity contribution in [2.24, 2.45) is 23.2 Å². The molecule has 0 aromatic heterocycles. The highest BCUT2D eigenvalue weighted by atomic mass is 16.5. The Balaban J connectivity index is 1.25. The number of amides is 2. The zero-order valence-electron chi connectivity index (χ0n) is 19.4. The third-order valence-electron chi connectivity index (χ3n) is 7.89. The zero-order chi connectivity index (χ0) is 22.8. The first kappa shape index (κ1) is 22.0. The summed E-state index contributed by atoms with van der Waals surface area (Å²) in [6.45, 7) is 2.58. The molecule has 4 fully saturated rings. The van der Waals surface area contributed by atoms with Gasteiger partial charge in [0.1, 0.15) is 5.75 Å². The summed E-state index contributed by atoms with van der Waals surface area (Å²) in [6, 6.07) is 17.5. The van der Waals surface area contributed by atoms with Crippen LogP contribution in [0, 0.1) is 23.2 Å². The molecule has 0 saturated heterocycles. The molecule has 33 heavy (non-hydrogen) atoms. The van der Waals surface area contributed by atoms with E-state index in [0.29, 0.717) is 24.4 Å². The van der Waals surface area contributed by atoms with Gasteiger partial charge in [0.05, 0.1) is 19.2 Å². The molecule has 4 aliphatic rings. The molecule has 0 spiro atoms. The summed E-state index contributed by atoms with van der Waals surface area (Å²) in [6.07, 6.45) is 6.91. The second kappa shape index (κ2) is 9.20. The fourth-order valence-electron chi connectivity index (χ4n) is 6.88. The number of carbonyl (C=O) groups excluding carboxylic acids is 2. The van der Waals surface area contributed by atoms with Gasteiger partial charge in [-0.15, -0.1) is 0 Å². The Labute approximate surface area is 196 Å². The number of carbonyl (C=O) groups is 2. The number of ether oxygens (including phenoxy) is 1. The Hall–Kier alpha value is -2.82. The SMILES string of the molecule is CCOc1ccc(C(NC(=O)CNC(=O)C23CC4CC(CC(C4)C2)C3)c2ccccc2)cc1. The molecule has 4 bridgehead atoms. The van der Waals surface area contributed by atoms with E-state index >= 15 is 0 Å². The van der Waals surface area contributed by atoms with Crippen molar-refractivity contribution < 1.29 is 14.3 Å².